The van der Waals surface area contributed by atoms with Crippen LogP contribution in [0.1, 0.15) is 11.1 Å². The second-order valence-electron chi connectivity index (χ2n) is 4.84. The van der Waals surface area contributed by atoms with Gasteiger partial charge in [0.2, 0.25) is 0 Å². The number of nitrogens with zero attached hydrogens (tertiary/aromatic N) is 1. The molecule has 0 atom stereocenters. The Balaban J connectivity index is 0.000000595. The van der Waals surface area contributed by atoms with E-state index < -0.39 is 6.79 Å². The molecule has 1 aromatic heterocycles. The summed E-state index contributed by atoms with van der Waals surface area (Å²) in [4.78, 5) is 5.84. The summed E-state index contributed by atoms with van der Waals surface area (Å²) in [7, 11) is 0. The summed E-state index contributed by atoms with van der Waals surface area (Å²) in [5.74, 6) is 0. The predicted molar refractivity (Wildman–Crippen MR) is 92.7 cm³/mol. The quantitative estimate of drug-likeness (QED) is 0.704. The first-order chi connectivity index (χ1) is 11.0. The van der Waals surface area contributed by atoms with Crippen molar-refractivity contribution < 1.29 is 15.1 Å². The Bertz CT molecular complexity index is 769. The zero-order chi connectivity index (χ0) is 16.8. The summed E-state index contributed by atoms with van der Waals surface area (Å²) in [5, 5.41) is 16.8. The molecule has 4 nitrogen and oxygen atoms in total. The molecule has 1 heterocycles. The zero-order valence-corrected chi connectivity index (χ0v) is 14.1. The number of rotatable bonds is 3. The molecule has 2 N–H and O–H groups in total. The molecule has 3 aromatic rings. The van der Waals surface area contributed by atoms with E-state index in [0.29, 0.717) is 6.61 Å². The molecule has 0 saturated carbocycles. The van der Waals surface area contributed by atoms with Crippen LogP contribution in [-0.2, 0) is 6.61 Å². The molecule has 0 aliphatic carbocycles. The third kappa shape index (κ3) is 4.62. The van der Waals surface area contributed by atoms with E-state index in [4.69, 9.17) is 38.3 Å². The number of benzene rings is 2. The van der Waals surface area contributed by atoms with Crippen LogP contribution in [0.15, 0.2) is 48.7 Å². The average molecular weight is 354 g/mol. The topological polar surface area (TPSA) is 54.6 Å². The molecule has 0 aliphatic heterocycles. The fraction of sp³-hybridized carbons (Fsp3) is 0.176. The highest BCUT2D eigenvalue weighted by atomic mass is 35.5. The van der Waals surface area contributed by atoms with Crippen molar-refractivity contribution in [3.8, 4) is 0 Å². The van der Waals surface area contributed by atoms with Crippen LogP contribution in [0.25, 0.3) is 10.9 Å². The Morgan fingerprint density at radius 2 is 1.61 bits per heavy atom. The predicted octanol–water partition coefficient (Wildman–Crippen LogP) is 3.81. The fourth-order valence-corrected chi connectivity index (χ4v) is 2.46. The first-order valence-electron chi connectivity index (χ1n) is 6.92. The maximum Gasteiger partial charge on any atom is 0.140 e. The Hall–Kier alpha value is -1.72. The minimum Gasteiger partial charge on any atom is -0.409 e. The molecule has 2 aromatic carbocycles. The zero-order valence-electron chi connectivity index (χ0n) is 12.5. The smallest absolute Gasteiger partial charge is 0.140 e. The molecule has 0 amide bonds. The molecule has 3 rings (SSSR count). The van der Waals surface area contributed by atoms with E-state index in [-0.39, 0.29) is 0 Å². The van der Waals surface area contributed by atoms with Gasteiger partial charge in [-0.05, 0) is 48.4 Å². The van der Waals surface area contributed by atoms with E-state index in [1.807, 2.05) is 55.6 Å². The van der Waals surface area contributed by atoms with Crippen molar-refractivity contribution in [1.82, 2.24) is 4.73 Å². The summed E-state index contributed by atoms with van der Waals surface area (Å²) < 4.78 is 1.79. The SMILES string of the molecule is Cc1cn(OCc2ccc(Cl)cc2)c2ccc(Cl)cc12.OCO. The van der Waals surface area contributed by atoms with E-state index in [2.05, 4.69) is 0 Å². The molecule has 6 heteroatoms. The van der Waals surface area contributed by atoms with Crippen LogP contribution in [0.2, 0.25) is 10.0 Å². The molecule has 122 valence electrons. The van der Waals surface area contributed by atoms with Crippen molar-refractivity contribution in [2.45, 2.75) is 13.5 Å². The summed E-state index contributed by atoms with van der Waals surface area (Å²) in [6.07, 6.45) is 1.97. The van der Waals surface area contributed by atoms with Crippen molar-refractivity contribution in [1.29, 1.82) is 0 Å². The van der Waals surface area contributed by atoms with Crippen molar-refractivity contribution in [3.05, 3.63) is 69.8 Å². The van der Waals surface area contributed by atoms with E-state index in [0.717, 1.165) is 32.1 Å². The lowest BCUT2D eigenvalue weighted by Crippen LogP contribution is -2.09. The monoisotopic (exact) mass is 353 g/mol. The molecule has 0 fully saturated rings. The van der Waals surface area contributed by atoms with Gasteiger partial charge >= 0.3 is 0 Å². The van der Waals surface area contributed by atoms with Gasteiger partial charge in [0.1, 0.15) is 13.4 Å². The third-order valence-corrected chi connectivity index (χ3v) is 3.70. The van der Waals surface area contributed by atoms with Gasteiger partial charge < -0.3 is 15.1 Å². The van der Waals surface area contributed by atoms with Crippen LogP contribution in [0.5, 0.6) is 0 Å². The van der Waals surface area contributed by atoms with Gasteiger partial charge in [-0.15, -0.1) is 0 Å². The van der Waals surface area contributed by atoms with Crippen LogP contribution in [-0.4, -0.2) is 21.7 Å². The van der Waals surface area contributed by atoms with Gasteiger partial charge in [-0.1, -0.05) is 35.3 Å². The normalized spacial score (nSPS) is 10.3. The van der Waals surface area contributed by atoms with Gasteiger partial charge in [0.05, 0.1) is 5.52 Å². The standard InChI is InChI=1S/C16H13Cl2NO.CH4O2/c1-11-9-19(16-7-6-14(18)8-15(11)16)20-10-12-2-4-13(17)5-3-12;2-1-3/h2-9H,10H2,1H3;2-3H,1H2. The highest BCUT2D eigenvalue weighted by Gasteiger charge is 2.07. The highest BCUT2D eigenvalue weighted by molar-refractivity contribution is 6.31. The first-order valence-corrected chi connectivity index (χ1v) is 7.67. The summed E-state index contributed by atoms with van der Waals surface area (Å²) in [5.41, 5.74) is 3.22. The van der Waals surface area contributed by atoms with Gasteiger partial charge in [-0.2, -0.15) is 4.73 Å². The van der Waals surface area contributed by atoms with E-state index in [1.165, 1.54) is 0 Å². The van der Waals surface area contributed by atoms with Crippen LogP contribution in [0.3, 0.4) is 0 Å². The number of hydrogen-bond donors (Lipinski definition) is 2. The molecule has 0 bridgehead atoms. The number of aromatic nitrogens is 1. The third-order valence-electron chi connectivity index (χ3n) is 3.22. The van der Waals surface area contributed by atoms with Crippen molar-refractivity contribution in [2.75, 3.05) is 6.79 Å². The molecule has 23 heavy (non-hydrogen) atoms. The molecule has 0 unspecified atom stereocenters. The molecule has 0 aliphatic rings. The molecule has 0 radical (unpaired) electrons. The number of aliphatic hydroxyl groups is 2. The largest absolute Gasteiger partial charge is 0.409 e. The van der Waals surface area contributed by atoms with E-state index >= 15 is 0 Å². The lowest BCUT2D eigenvalue weighted by atomic mass is 10.2. The Labute approximate surface area is 144 Å². The molecular formula is C17H17Cl2NO3. The Kier molecular flexibility index (Phi) is 6.30. The van der Waals surface area contributed by atoms with E-state index in [1.54, 1.807) is 4.73 Å². The van der Waals surface area contributed by atoms with Crippen LogP contribution >= 0.6 is 23.2 Å². The number of halogens is 2. The van der Waals surface area contributed by atoms with Gasteiger partial charge in [0.15, 0.2) is 0 Å². The minimum atomic E-state index is -0.750. The Morgan fingerprint density at radius 1 is 1.00 bits per heavy atom. The van der Waals surface area contributed by atoms with Gasteiger partial charge in [-0.25, -0.2) is 0 Å². The maximum absolute atomic E-state index is 7.12. The summed E-state index contributed by atoms with van der Waals surface area (Å²) >= 11 is 11.9. The van der Waals surface area contributed by atoms with E-state index in [9.17, 15) is 0 Å². The number of hydrogen-bond acceptors (Lipinski definition) is 3. The van der Waals surface area contributed by atoms with Crippen molar-refractivity contribution >= 4 is 34.1 Å². The fourth-order valence-electron chi connectivity index (χ4n) is 2.16. The summed E-state index contributed by atoms with van der Waals surface area (Å²) in [6.45, 7) is 1.78. The van der Waals surface area contributed by atoms with Crippen LogP contribution in [0, 0.1) is 6.92 Å². The van der Waals surface area contributed by atoms with Crippen LogP contribution in [0.4, 0.5) is 0 Å². The van der Waals surface area contributed by atoms with Gasteiger partial charge in [0, 0.05) is 21.6 Å². The second kappa shape index (κ2) is 8.22. The molecule has 0 spiro atoms. The van der Waals surface area contributed by atoms with Gasteiger partial charge in [0.25, 0.3) is 0 Å². The lowest BCUT2D eigenvalue weighted by molar-refractivity contribution is 0.0773. The van der Waals surface area contributed by atoms with Crippen molar-refractivity contribution in [3.63, 3.8) is 0 Å². The lowest BCUT2D eigenvalue weighted by Gasteiger charge is -2.08. The number of aliphatic hydroxyl groups excluding tert-OH is 1. The average Bonchev–Trinajstić information content (AvgIpc) is 2.83. The summed E-state index contributed by atoms with van der Waals surface area (Å²) in [6, 6.07) is 13.4. The number of aryl methyl sites for hydroxylation is 1. The molecule has 0 saturated heterocycles. The number of fused-ring (bicyclic) bond motifs is 1. The maximum atomic E-state index is 7.12. The molecular weight excluding hydrogens is 337 g/mol. The first kappa shape index (κ1) is 17.6. The van der Waals surface area contributed by atoms with Crippen molar-refractivity contribution in [2.24, 2.45) is 0 Å². The van der Waals surface area contributed by atoms with Gasteiger partial charge in [-0.3, -0.25) is 0 Å². The van der Waals surface area contributed by atoms with Crippen LogP contribution < -0.4 is 4.84 Å². The highest BCUT2D eigenvalue weighted by Crippen LogP contribution is 2.24. The second-order valence-corrected chi connectivity index (χ2v) is 5.71. The Morgan fingerprint density at radius 3 is 2.26 bits per heavy atom. The minimum absolute atomic E-state index is 0.489.